The Kier molecular flexibility index (Phi) is 4.00. The van der Waals surface area contributed by atoms with Crippen molar-refractivity contribution in [3.63, 3.8) is 0 Å². The molecule has 1 aliphatic carbocycles. The van der Waals surface area contributed by atoms with E-state index in [0.717, 1.165) is 12.8 Å². The van der Waals surface area contributed by atoms with Crippen molar-refractivity contribution in [1.29, 1.82) is 0 Å². The normalized spacial score (nSPS) is 26.4. The third-order valence-electron chi connectivity index (χ3n) is 4.92. The first-order valence-electron chi connectivity index (χ1n) is 8.08. The number of aliphatic carboxylic acids is 1. The Hall–Kier alpha value is -2.11. The number of carbonyl (C=O) groups excluding carboxylic acids is 1. The minimum atomic E-state index is -0.782. The Labute approximate surface area is 135 Å². The maximum atomic E-state index is 12.8. The van der Waals surface area contributed by atoms with Crippen molar-refractivity contribution >= 4 is 11.9 Å². The summed E-state index contributed by atoms with van der Waals surface area (Å²) in [6.07, 6.45) is 3.94. The van der Waals surface area contributed by atoms with Crippen LogP contribution in [0.4, 0.5) is 0 Å². The summed E-state index contributed by atoms with van der Waals surface area (Å²) >= 11 is 0. The average Bonchev–Trinajstić information content (AvgIpc) is 3.04. The van der Waals surface area contributed by atoms with Crippen LogP contribution in [0.1, 0.15) is 43.6 Å². The molecule has 124 valence electrons. The van der Waals surface area contributed by atoms with E-state index >= 15 is 0 Å². The van der Waals surface area contributed by atoms with E-state index in [2.05, 4.69) is 4.98 Å². The van der Waals surface area contributed by atoms with Gasteiger partial charge in [0.15, 0.2) is 11.4 Å². The Morgan fingerprint density at radius 1 is 1.48 bits per heavy atom. The van der Waals surface area contributed by atoms with Crippen molar-refractivity contribution in [3.8, 4) is 5.75 Å². The SMILES string of the molecule is CC(C)Oc1cccnc1C(=O)N1C[C@@H]2CCC[C@@]2(C(=O)O)C1. The lowest BCUT2D eigenvalue weighted by molar-refractivity contribution is -0.149. The van der Waals surface area contributed by atoms with Crippen LogP contribution in [0.3, 0.4) is 0 Å². The number of rotatable bonds is 4. The number of fused-ring (bicyclic) bond motifs is 1. The second-order valence-corrected chi connectivity index (χ2v) is 6.75. The van der Waals surface area contributed by atoms with Crippen LogP contribution in [0.25, 0.3) is 0 Å². The van der Waals surface area contributed by atoms with Gasteiger partial charge >= 0.3 is 5.97 Å². The van der Waals surface area contributed by atoms with Gasteiger partial charge in [-0.3, -0.25) is 9.59 Å². The Balaban J connectivity index is 1.84. The molecule has 6 nitrogen and oxygen atoms in total. The minimum absolute atomic E-state index is 0.0436. The van der Waals surface area contributed by atoms with Crippen LogP contribution in [-0.2, 0) is 4.79 Å². The summed E-state index contributed by atoms with van der Waals surface area (Å²) in [6.45, 7) is 4.54. The monoisotopic (exact) mass is 318 g/mol. The number of aromatic nitrogens is 1. The van der Waals surface area contributed by atoms with Crippen molar-refractivity contribution < 1.29 is 19.4 Å². The van der Waals surface area contributed by atoms with E-state index in [1.807, 2.05) is 13.8 Å². The van der Waals surface area contributed by atoms with E-state index in [1.165, 1.54) is 0 Å². The number of nitrogens with zero attached hydrogens (tertiary/aromatic N) is 2. The summed E-state index contributed by atoms with van der Waals surface area (Å²) in [5.41, 5.74) is -0.509. The molecule has 0 bridgehead atoms. The molecule has 0 unspecified atom stereocenters. The Morgan fingerprint density at radius 2 is 2.26 bits per heavy atom. The van der Waals surface area contributed by atoms with Crippen molar-refractivity contribution in [3.05, 3.63) is 24.0 Å². The molecule has 23 heavy (non-hydrogen) atoms. The van der Waals surface area contributed by atoms with Gasteiger partial charge in [-0.1, -0.05) is 6.42 Å². The van der Waals surface area contributed by atoms with E-state index in [0.29, 0.717) is 18.7 Å². The lowest BCUT2D eigenvalue weighted by atomic mass is 9.81. The molecule has 1 aliphatic heterocycles. The largest absolute Gasteiger partial charge is 0.489 e. The number of likely N-dealkylation sites (tertiary alicyclic amines) is 1. The van der Waals surface area contributed by atoms with Crippen LogP contribution in [0.15, 0.2) is 18.3 Å². The van der Waals surface area contributed by atoms with Crippen molar-refractivity contribution in [2.45, 2.75) is 39.2 Å². The summed E-state index contributed by atoms with van der Waals surface area (Å²) in [7, 11) is 0. The van der Waals surface area contributed by atoms with Gasteiger partial charge in [0.2, 0.25) is 0 Å². The third-order valence-corrected chi connectivity index (χ3v) is 4.92. The molecule has 1 amide bonds. The number of carboxylic acids is 1. The molecule has 1 N–H and O–H groups in total. The number of carboxylic acid groups (broad SMARTS) is 1. The number of hydrogen-bond donors (Lipinski definition) is 1. The van der Waals surface area contributed by atoms with Crippen molar-refractivity contribution in [2.75, 3.05) is 13.1 Å². The molecule has 3 rings (SSSR count). The molecule has 2 heterocycles. The topological polar surface area (TPSA) is 79.7 Å². The van der Waals surface area contributed by atoms with Crippen LogP contribution < -0.4 is 4.74 Å². The lowest BCUT2D eigenvalue weighted by Gasteiger charge is -2.23. The molecule has 2 fully saturated rings. The number of amides is 1. The first-order valence-corrected chi connectivity index (χ1v) is 8.08. The molecule has 0 aromatic carbocycles. The highest BCUT2D eigenvalue weighted by atomic mass is 16.5. The number of carbonyl (C=O) groups is 2. The zero-order valence-electron chi connectivity index (χ0n) is 13.5. The fourth-order valence-electron chi connectivity index (χ4n) is 3.84. The van der Waals surface area contributed by atoms with Gasteiger partial charge in [0, 0.05) is 19.3 Å². The number of ether oxygens (including phenoxy) is 1. The quantitative estimate of drug-likeness (QED) is 0.920. The molecule has 6 heteroatoms. The highest BCUT2D eigenvalue weighted by molar-refractivity contribution is 5.95. The van der Waals surface area contributed by atoms with E-state index in [1.54, 1.807) is 23.2 Å². The van der Waals surface area contributed by atoms with Gasteiger partial charge in [-0.25, -0.2) is 4.98 Å². The zero-order valence-corrected chi connectivity index (χ0v) is 13.5. The second kappa shape index (κ2) is 5.83. The minimum Gasteiger partial charge on any atom is -0.489 e. The first kappa shape index (κ1) is 15.8. The predicted molar refractivity (Wildman–Crippen MR) is 83.3 cm³/mol. The molecular weight excluding hydrogens is 296 g/mol. The second-order valence-electron chi connectivity index (χ2n) is 6.75. The van der Waals surface area contributed by atoms with Gasteiger partial charge in [-0.2, -0.15) is 0 Å². The average molecular weight is 318 g/mol. The molecule has 1 aromatic heterocycles. The van der Waals surface area contributed by atoms with E-state index in [4.69, 9.17) is 4.74 Å². The molecule has 1 aromatic rings. The fraction of sp³-hybridized carbons (Fsp3) is 0.588. The molecule has 1 saturated carbocycles. The van der Waals surface area contributed by atoms with E-state index < -0.39 is 11.4 Å². The van der Waals surface area contributed by atoms with Gasteiger partial charge in [0.25, 0.3) is 5.91 Å². The molecular formula is C17H22N2O4. The van der Waals surface area contributed by atoms with Crippen LogP contribution in [0, 0.1) is 11.3 Å². The maximum absolute atomic E-state index is 12.8. The summed E-state index contributed by atoms with van der Waals surface area (Å²) in [6, 6.07) is 3.45. The highest BCUT2D eigenvalue weighted by Crippen LogP contribution is 2.49. The van der Waals surface area contributed by atoms with Gasteiger partial charge < -0.3 is 14.7 Å². The van der Waals surface area contributed by atoms with Crippen LogP contribution in [0.5, 0.6) is 5.75 Å². The third kappa shape index (κ3) is 2.66. The fourth-order valence-corrected chi connectivity index (χ4v) is 3.84. The Morgan fingerprint density at radius 3 is 2.91 bits per heavy atom. The summed E-state index contributed by atoms with van der Waals surface area (Å²) in [5.74, 6) is -0.526. The molecule has 0 spiro atoms. The van der Waals surface area contributed by atoms with Gasteiger partial charge in [-0.05, 0) is 44.7 Å². The Bertz CT molecular complexity index is 631. The lowest BCUT2D eigenvalue weighted by Crippen LogP contribution is -2.37. The number of pyridine rings is 1. The molecule has 0 radical (unpaired) electrons. The maximum Gasteiger partial charge on any atom is 0.311 e. The molecule has 2 aliphatic rings. The van der Waals surface area contributed by atoms with E-state index in [9.17, 15) is 14.7 Å². The highest BCUT2D eigenvalue weighted by Gasteiger charge is 2.56. The van der Waals surface area contributed by atoms with Crippen molar-refractivity contribution in [1.82, 2.24) is 9.88 Å². The standard InChI is InChI=1S/C17H22N2O4/c1-11(2)23-13-6-4-8-18-14(13)15(20)19-9-12-5-3-7-17(12,10-19)16(21)22/h4,6,8,11-12H,3,5,7,9-10H2,1-2H3,(H,21,22)/t12-,17+/m0/s1. The summed E-state index contributed by atoms with van der Waals surface area (Å²) in [4.78, 5) is 30.4. The summed E-state index contributed by atoms with van der Waals surface area (Å²) in [5, 5.41) is 9.64. The smallest absolute Gasteiger partial charge is 0.311 e. The summed E-state index contributed by atoms with van der Waals surface area (Å²) < 4.78 is 5.67. The van der Waals surface area contributed by atoms with Crippen molar-refractivity contribution in [2.24, 2.45) is 11.3 Å². The predicted octanol–water partition coefficient (Wildman–Crippen LogP) is 2.20. The van der Waals surface area contributed by atoms with Crippen LogP contribution in [-0.4, -0.2) is 46.1 Å². The number of hydrogen-bond acceptors (Lipinski definition) is 4. The molecule has 1 saturated heterocycles. The van der Waals surface area contributed by atoms with E-state index in [-0.39, 0.29) is 30.2 Å². The van der Waals surface area contributed by atoms with Crippen LogP contribution in [0.2, 0.25) is 0 Å². The van der Waals surface area contributed by atoms with Gasteiger partial charge in [0.05, 0.1) is 11.5 Å². The van der Waals surface area contributed by atoms with Gasteiger partial charge in [-0.15, -0.1) is 0 Å². The van der Waals surface area contributed by atoms with Crippen LogP contribution >= 0.6 is 0 Å². The first-order chi connectivity index (χ1) is 10.9. The molecule has 2 atom stereocenters. The zero-order chi connectivity index (χ0) is 16.6. The van der Waals surface area contributed by atoms with Gasteiger partial charge in [0.1, 0.15) is 0 Å².